The molecule has 3 nitrogen and oxygen atoms in total. The zero-order chi connectivity index (χ0) is 11.8. The summed E-state index contributed by atoms with van der Waals surface area (Å²) in [6, 6.07) is 4.07. The number of carbonyl (C=O) groups is 1. The van der Waals surface area contributed by atoms with Gasteiger partial charge in [0.05, 0.1) is 11.1 Å². The van der Waals surface area contributed by atoms with Gasteiger partial charge in [0.15, 0.2) is 0 Å². The van der Waals surface area contributed by atoms with Crippen molar-refractivity contribution in [3.05, 3.63) is 15.9 Å². The standard InChI is InChI=1S/C11H11BrN2OS/c1-14(9-5-8(12)6-16-9)10(15)11(7-13)3-2-4-11/h5-6H,2-4H2,1H3. The summed E-state index contributed by atoms with van der Waals surface area (Å²) in [6.07, 6.45) is 2.36. The lowest BCUT2D eigenvalue weighted by molar-refractivity contribution is -0.128. The fourth-order valence-electron chi connectivity index (χ4n) is 1.80. The summed E-state index contributed by atoms with van der Waals surface area (Å²) in [4.78, 5) is 13.8. The van der Waals surface area contributed by atoms with Crippen molar-refractivity contribution in [3.63, 3.8) is 0 Å². The Labute approximate surface area is 107 Å². The molecule has 1 saturated carbocycles. The fourth-order valence-corrected chi connectivity index (χ4v) is 3.19. The molecular weight excluding hydrogens is 288 g/mol. The van der Waals surface area contributed by atoms with E-state index in [1.165, 1.54) is 11.3 Å². The molecule has 1 aromatic rings. The number of hydrogen-bond donors (Lipinski definition) is 0. The van der Waals surface area contributed by atoms with Crippen LogP contribution in [0.4, 0.5) is 5.00 Å². The van der Waals surface area contributed by atoms with Crippen LogP contribution in [0.2, 0.25) is 0 Å². The Morgan fingerprint density at radius 3 is 2.75 bits per heavy atom. The summed E-state index contributed by atoms with van der Waals surface area (Å²) in [5.41, 5.74) is -0.759. The molecule has 1 fully saturated rings. The van der Waals surface area contributed by atoms with Crippen LogP contribution in [0.1, 0.15) is 19.3 Å². The minimum absolute atomic E-state index is 0.0735. The summed E-state index contributed by atoms with van der Waals surface area (Å²) in [7, 11) is 1.73. The summed E-state index contributed by atoms with van der Waals surface area (Å²) < 4.78 is 0.965. The first kappa shape index (κ1) is 11.6. The zero-order valence-electron chi connectivity index (χ0n) is 8.86. The molecule has 0 atom stereocenters. The normalized spacial score (nSPS) is 17.3. The fraction of sp³-hybridized carbons (Fsp3) is 0.455. The van der Waals surface area contributed by atoms with Gasteiger partial charge in [-0.2, -0.15) is 5.26 Å². The number of rotatable bonds is 2. The van der Waals surface area contributed by atoms with E-state index < -0.39 is 5.41 Å². The van der Waals surface area contributed by atoms with E-state index in [1.807, 2.05) is 11.4 Å². The highest BCUT2D eigenvalue weighted by atomic mass is 79.9. The maximum Gasteiger partial charge on any atom is 0.247 e. The highest BCUT2D eigenvalue weighted by Gasteiger charge is 2.46. The minimum Gasteiger partial charge on any atom is -0.306 e. The van der Waals surface area contributed by atoms with E-state index in [1.54, 1.807) is 11.9 Å². The predicted molar refractivity (Wildman–Crippen MR) is 67.3 cm³/mol. The SMILES string of the molecule is CN(C(=O)C1(C#N)CCC1)c1cc(Br)cs1. The second-order valence-electron chi connectivity index (χ2n) is 4.01. The van der Waals surface area contributed by atoms with E-state index in [0.717, 1.165) is 15.9 Å². The van der Waals surface area contributed by atoms with E-state index in [-0.39, 0.29) is 5.91 Å². The van der Waals surface area contributed by atoms with Crippen LogP contribution in [0.5, 0.6) is 0 Å². The monoisotopic (exact) mass is 298 g/mol. The molecule has 0 unspecified atom stereocenters. The highest BCUT2D eigenvalue weighted by molar-refractivity contribution is 9.10. The molecule has 0 N–H and O–H groups in total. The Balaban J connectivity index is 2.20. The lowest BCUT2D eigenvalue weighted by atomic mass is 9.69. The van der Waals surface area contributed by atoms with Crippen molar-refractivity contribution < 1.29 is 4.79 Å². The van der Waals surface area contributed by atoms with Gasteiger partial charge in [-0.15, -0.1) is 11.3 Å². The van der Waals surface area contributed by atoms with Gasteiger partial charge in [-0.25, -0.2) is 0 Å². The largest absolute Gasteiger partial charge is 0.306 e. The molecule has 16 heavy (non-hydrogen) atoms. The molecule has 1 heterocycles. The van der Waals surface area contributed by atoms with Crippen LogP contribution in [0.15, 0.2) is 15.9 Å². The predicted octanol–water partition coefficient (Wildman–Crippen LogP) is 3.17. The topological polar surface area (TPSA) is 44.1 Å². The Morgan fingerprint density at radius 2 is 2.38 bits per heavy atom. The third-order valence-electron chi connectivity index (χ3n) is 3.02. The molecule has 0 radical (unpaired) electrons. The van der Waals surface area contributed by atoms with Crippen molar-refractivity contribution in [3.8, 4) is 6.07 Å². The second kappa shape index (κ2) is 4.19. The molecule has 0 bridgehead atoms. The van der Waals surface area contributed by atoms with E-state index in [4.69, 9.17) is 5.26 Å². The van der Waals surface area contributed by atoms with Gasteiger partial charge >= 0.3 is 0 Å². The molecule has 1 aliphatic rings. The van der Waals surface area contributed by atoms with Gasteiger partial charge in [-0.3, -0.25) is 4.79 Å². The molecule has 5 heteroatoms. The quantitative estimate of drug-likeness (QED) is 0.842. The molecular formula is C11H11BrN2OS. The van der Waals surface area contributed by atoms with E-state index in [2.05, 4.69) is 22.0 Å². The Hall–Kier alpha value is -0.860. The number of hydrogen-bond acceptors (Lipinski definition) is 3. The number of thiophene rings is 1. The zero-order valence-corrected chi connectivity index (χ0v) is 11.3. The molecule has 1 aliphatic carbocycles. The Morgan fingerprint density at radius 1 is 1.69 bits per heavy atom. The summed E-state index contributed by atoms with van der Waals surface area (Å²) >= 11 is 4.85. The number of amides is 1. The van der Waals surface area contributed by atoms with Crippen LogP contribution < -0.4 is 4.90 Å². The number of nitriles is 1. The van der Waals surface area contributed by atoms with Gasteiger partial charge in [0.25, 0.3) is 0 Å². The average molecular weight is 299 g/mol. The van der Waals surface area contributed by atoms with Crippen molar-refractivity contribution in [2.75, 3.05) is 11.9 Å². The Kier molecular flexibility index (Phi) is 3.04. The van der Waals surface area contributed by atoms with Crippen LogP contribution in [0.3, 0.4) is 0 Å². The molecule has 2 rings (SSSR count). The van der Waals surface area contributed by atoms with Gasteiger partial charge in [0, 0.05) is 16.9 Å². The first-order chi connectivity index (χ1) is 7.59. The van der Waals surface area contributed by atoms with Crippen LogP contribution >= 0.6 is 27.3 Å². The van der Waals surface area contributed by atoms with Crippen LogP contribution in [-0.2, 0) is 4.79 Å². The first-order valence-corrected chi connectivity index (χ1v) is 6.70. The van der Waals surface area contributed by atoms with Crippen molar-refractivity contribution in [1.29, 1.82) is 5.26 Å². The van der Waals surface area contributed by atoms with Crippen molar-refractivity contribution >= 4 is 38.2 Å². The molecule has 0 spiro atoms. The molecule has 1 amide bonds. The van der Waals surface area contributed by atoms with Gasteiger partial charge in [-0.1, -0.05) is 0 Å². The smallest absolute Gasteiger partial charge is 0.247 e. The molecule has 0 saturated heterocycles. The van der Waals surface area contributed by atoms with Crippen molar-refractivity contribution in [2.45, 2.75) is 19.3 Å². The number of carbonyl (C=O) groups excluding carboxylic acids is 1. The van der Waals surface area contributed by atoms with Gasteiger partial charge in [0.1, 0.15) is 5.41 Å². The van der Waals surface area contributed by atoms with E-state index in [0.29, 0.717) is 12.8 Å². The van der Waals surface area contributed by atoms with Crippen LogP contribution in [0, 0.1) is 16.7 Å². The number of nitrogens with zero attached hydrogens (tertiary/aromatic N) is 2. The van der Waals surface area contributed by atoms with Crippen LogP contribution in [0.25, 0.3) is 0 Å². The van der Waals surface area contributed by atoms with Crippen molar-refractivity contribution in [2.24, 2.45) is 5.41 Å². The third-order valence-corrected chi connectivity index (χ3v) is 4.79. The third kappa shape index (κ3) is 1.76. The van der Waals surface area contributed by atoms with Gasteiger partial charge in [-0.05, 0) is 41.3 Å². The van der Waals surface area contributed by atoms with Crippen LogP contribution in [-0.4, -0.2) is 13.0 Å². The number of halogens is 1. The van der Waals surface area contributed by atoms with Gasteiger partial charge < -0.3 is 4.90 Å². The summed E-state index contributed by atoms with van der Waals surface area (Å²) in [5.74, 6) is -0.0735. The maximum atomic E-state index is 12.2. The summed E-state index contributed by atoms with van der Waals surface area (Å²) in [6.45, 7) is 0. The average Bonchev–Trinajstić information content (AvgIpc) is 2.63. The molecule has 0 aliphatic heterocycles. The van der Waals surface area contributed by atoms with E-state index in [9.17, 15) is 4.79 Å². The number of anilines is 1. The lowest BCUT2D eigenvalue weighted by Crippen LogP contribution is -2.45. The summed E-state index contributed by atoms with van der Waals surface area (Å²) in [5, 5.41) is 11.9. The molecule has 1 aromatic heterocycles. The molecule has 0 aromatic carbocycles. The van der Waals surface area contributed by atoms with Gasteiger partial charge in [0.2, 0.25) is 5.91 Å². The van der Waals surface area contributed by atoms with E-state index >= 15 is 0 Å². The Bertz CT molecular complexity index is 459. The maximum absolute atomic E-state index is 12.2. The highest BCUT2D eigenvalue weighted by Crippen LogP contribution is 2.43. The minimum atomic E-state index is -0.759. The molecule has 84 valence electrons. The second-order valence-corrected chi connectivity index (χ2v) is 5.82. The first-order valence-electron chi connectivity index (χ1n) is 5.02. The van der Waals surface area contributed by atoms with Crippen molar-refractivity contribution in [1.82, 2.24) is 0 Å². The lowest BCUT2D eigenvalue weighted by Gasteiger charge is -2.36.